The van der Waals surface area contributed by atoms with E-state index in [0.717, 1.165) is 5.69 Å². The molecule has 3 heteroatoms. The number of anilines is 1. The van der Waals surface area contributed by atoms with Crippen LogP contribution in [0.5, 0.6) is 0 Å². The summed E-state index contributed by atoms with van der Waals surface area (Å²) >= 11 is 0. The number of amides is 1. The highest BCUT2D eigenvalue weighted by atomic mass is 16.2. The first-order chi connectivity index (χ1) is 7.91. The van der Waals surface area contributed by atoms with Crippen molar-refractivity contribution in [1.29, 1.82) is 0 Å². The first-order valence-corrected chi connectivity index (χ1v) is 5.83. The molecule has 0 fully saturated rings. The SMILES string of the molecule is CC(=O)C(C)C(=O)Nc1ccc(C(C)C)cc1. The maximum absolute atomic E-state index is 11.6. The van der Waals surface area contributed by atoms with E-state index in [4.69, 9.17) is 0 Å². The number of hydrogen-bond acceptors (Lipinski definition) is 2. The second-order valence-corrected chi connectivity index (χ2v) is 4.60. The van der Waals surface area contributed by atoms with E-state index in [1.807, 2.05) is 24.3 Å². The van der Waals surface area contributed by atoms with Crippen molar-refractivity contribution < 1.29 is 9.59 Å². The molecule has 3 nitrogen and oxygen atoms in total. The number of carbonyl (C=O) groups is 2. The minimum Gasteiger partial charge on any atom is -0.325 e. The van der Waals surface area contributed by atoms with E-state index < -0.39 is 5.92 Å². The minimum atomic E-state index is -0.597. The minimum absolute atomic E-state index is 0.124. The summed E-state index contributed by atoms with van der Waals surface area (Å²) in [6, 6.07) is 7.69. The van der Waals surface area contributed by atoms with Gasteiger partial charge >= 0.3 is 0 Å². The van der Waals surface area contributed by atoms with E-state index in [9.17, 15) is 9.59 Å². The van der Waals surface area contributed by atoms with Gasteiger partial charge in [-0.25, -0.2) is 0 Å². The van der Waals surface area contributed by atoms with Crippen LogP contribution in [0.2, 0.25) is 0 Å². The molecule has 92 valence electrons. The Morgan fingerprint density at radius 3 is 2.00 bits per heavy atom. The molecule has 0 aliphatic heterocycles. The van der Waals surface area contributed by atoms with Crippen molar-refractivity contribution >= 4 is 17.4 Å². The highest BCUT2D eigenvalue weighted by molar-refractivity contribution is 6.06. The largest absolute Gasteiger partial charge is 0.325 e. The van der Waals surface area contributed by atoms with Crippen LogP contribution in [0, 0.1) is 5.92 Å². The Balaban J connectivity index is 2.70. The molecule has 0 saturated carbocycles. The number of hydrogen-bond donors (Lipinski definition) is 1. The molecule has 1 amide bonds. The van der Waals surface area contributed by atoms with Crippen molar-refractivity contribution in [2.45, 2.75) is 33.6 Å². The summed E-state index contributed by atoms with van der Waals surface area (Å²) in [6.45, 7) is 7.27. The smallest absolute Gasteiger partial charge is 0.234 e. The Labute approximate surface area is 102 Å². The molecule has 1 N–H and O–H groups in total. The predicted molar refractivity (Wildman–Crippen MR) is 69.0 cm³/mol. The van der Waals surface area contributed by atoms with Crippen molar-refractivity contribution in [2.75, 3.05) is 5.32 Å². The Morgan fingerprint density at radius 1 is 1.06 bits per heavy atom. The van der Waals surface area contributed by atoms with Gasteiger partial charge in [0, 0.05) is 5.69 Å². The molecule has 0 saturated heterocycles. The summed E-state index contributed by atoms with van der Waals surface area (Å²) < 4.78 is 0. The molecule has 1 atom stereocenters. The van der Waals surface area contributed by atoms with Crippen molar-refractivity contribution in [3.8, 4) is 0 Å². The molecular weight excluding hydrogens is 214 g/mol. The average molecular weight is 233 g/mol. The summed E-state index contributed by atoms with van der Waals surface area (Å²) in [5.74, 6) is -0.508. The molecule has 0 radical (unpaired) electrons. The molecule has 0 aliphatic rings. The quantitative estimate of drug-likeness (QED) is 0.813. The molecule has 17 heavy (non-hydrogen) atoms. The van der Waals surface area contributed by atoms with Crippen LogP contribution in [0.25, 0.3) is 0 Å². The zero-order valence-electron chi connectivity index (χ0n) is 10.8. The number of nitrogens with one attached hydrogen (secondary N) is 1. The highest BCUT2D eigenvalue weighted by Gasteiger charge is 2.17. The van der Waals surface area contributed by atoms with Gasteiger partial charge in [0.25, 0.3) is 0 Å². The first-order valence-electron chi connectivity index (χ1n) is 5.83. The third kappa shape index (κ3) is 3.70. The second kappa shape index (κ2) is 5.62. The maximum Gasteiger partial charge on any atom is 0.234 e. The third-order valence-corrected chi connectivity index (χ3v) is 2.85. The Kier molecular flexibility index (Phi) is 4.44. The van der Waals surface area contributed by atoms with Crippen LogP contribution in [-0.2, 0) is 9.59 Å². The lowest BCUT2D eigenvalue weighted by Crippen LogP contribution is -2.25. The predicted octanol–water partition coefficient (Wildman–Crippen LogP) is 2.97. The van der Waals surface area contributed by atoms with Gasteiger partial charge in [-0.2, -0.15) is 0 Å². The van der Waals surface area contributed by atoms with E-state index >= 15 is 0 Å². The van der Waals surface area contributed by atoms with E-state index in [1.54, 1.807) is 6.92 Å². The fraction of sp³-hybridized carbons (Fsp3) is 0.429. The van der Waals surface area contributed by atoms with Gasteiger partial charge in [0.1, 0.15) is 5.78 Å². The number of ketones is 1. The fourth-order valence-corrected chi connectivity index (χ4v) is 1.39. The van der Waals surface area contributed by atoms with Crippen LogP contribution in [0.3, 0.4) is 0 Å². The summed E-state index contributed by atoms with van der Waals surface area (Å²) in [7, 11) is 0. The van der Waals surface area contributed by atoms with Gasteiger partial charge < -0.3 is 5.32 Å². The molecule has 0 bridgehead atoms. The zero-order valence-corrected chi connectivity index (χ0v) is 10.8. The lowest BCUT2D eigenvalue weighted by atomic mass is 10.0. The highest BCUT2D eigenvalue weighted by Crippen LogP contribution is 2.17. The summed E-state index contributed by atoms with van der Waals surface area (Å²) in [5.41, 5.74) is 1.95. The molecule has 0 aliphatic carbocycles. The van der Waals surface area contributed by atoms with Crippen LogP contribution >= 0.6 is 0 Å². The van der Waals surface area contributed by atoms with E-state index in [1.165, 1.54) is 12.5 Å². The zero-order chi connectivity index (χ0) is 13.0. The van der Waals surface area contributed by atoms with Crippen molar-refractivity contribution in [3.63, 3.8) is 0 Å². The second-order valence-electron chi connectivity index (χ2n) is 4.60. The standard InChI is InChI=1S/C14H19NO2/c1-9(2)12-5-7-13(8-6-12)15-14(17)10(3)11(4)16/h5-10H,1-4H3,(H,15,17). The van der Waals surface area contributed by atoms with Gasteiger partial charge in [0.2, 0.25) is 5.91 Å². The summed E-state index contributed by atoms with van der Waals surface area (Å²) in [5, 5.41) is 2.73. The average Bonchev–Trinajstić information content (AvgIpc) is 2.28. The summed E-state index contributed by atoms with van der Waals surface area (Å²) in [6.07, 6.45) is 0. The van der Waals surface area contributed by atoms with Gasteiger partial charge in [-0.05, 0) is 37.5 Å². The lowest BCUT2D eigenvalue weighted by molar-refractivity contribution is -0.129. The topological polar surface area (TPSA) is 46.2 Å². The van der Waals surface area contributed by atoms with Gasteiger partial charge in [-0.3, -0.25) is 9.59 Å². The van der Waals surface area contributed by atoms with Crippen molar-refractivity contribution in [1.82, 2.24) is 0 Å². The van der Waals surface area contributed by atoms with Gasteiger partial charge in [-0.1, -0.05) is 26.0 Å². The normalized spacial score (nSPS) is 12.3. The van der Waals surface area contributed by atoms with E-state index in [2.05, 4.69) is 19.2 Å². The van der Waals surface area contributed by atoms with Crippen LogP contribution in [0.4, 0.5) is 5.69 Å². The van der Waals surface area contributed by atoms with Gasteiger partial charge in [0.05, 0.1) is 5.92 Å². The maximum atomic E-state index is 11.6. The third-order valence-electron chi connectivity index (χ3n) is 2.85. The lowest BCUT2D eigenvalue weighted by Gasteiger charge is -2.10. The van der Waals surface area contributed by atoms with Crippen molar-refractivity contribution in [3.05, 3.63) is 29.8 Å². The van der Waals surface area contributed by atoms with E-state index in [-0.39, 0.29) is 11.7 Å². The molecule has 0 heterocycles. The molecule has 1 rings (SSSR count). The molecule has 1 unspecified atom stereocenters. The van der Waals surface area contributed by atoms with Crippen LogP contribution in [0.1, 0.15) is 39.2 Å². The van der Waals surface area contributed by atoms with Crippen LogP contribution in [0.15, 0.2) is 24.3 Å². The monoisotopic (exact) mass is 233 g/mol. The Morgan fingerprint density at radius 2 is 1.59 bits per heavy atom. The Bertz CT molecular complexity index is 407. The van der Waals surface area contributed by atoms with Crippen LogP contribution in [-0.4, -0.2) is 11.7 Å². The first kappa shape index (κ1) is 13.4. The van der Waals surface area contributed by atoms with Gasteiger partial charge in [0.15, 0.2) is 0 Å². The number of rotatable bonds is 4. The molecule has 1 aromatic rings. The molecule has 0 spiro atoms. The number of carbonyl (C=O) groups excluding carboxylic acids is 2. The molecule has 1 aromatic carbocycles. The number of Topliss-reactive ketones (excluding diaryl/α,β-unsaturated/α-hetero) is 1. The summed E-state index contributed by atoms with van der Waals surface area (Å²) in [4.78, 5) is 22.7. The molecular formula is C14H19NO2. The number of benzene rings is 1. The molecule has 0 aromatic heterocycles. The van der Waals surface area contributed by atoms with Crippen molar-refractivity contribution in [2.24, 2.45) is 5.92 Å². The fourth-order valence-electron chi connectivity index (χ4n) is 1.39. The van der Waals surface area contributed by atoms with E-state index in [0.29, 0.717) is 5.92 Å². The van der Waals surface area contributed by atoms with Gasteiger partial charge in [-0.15, -0.1) is 0 Å². The van der Waals surface area contributed by atoms with Crippen LogP contribution < -0.4 is 5.32 Å². The Hall–Kier alpha value is -1.64.